The number of piperazine rings is 1. The van der Waals surface area contributed by atoms with E-state index in [1.165, 1.54) is 0 Å². The number of nitrogens with zero attached hydrogens (tertiary/aromatic N) is 2. The third kappa shape index (κ3) is 6.86. The molecule has 1 aliphatic heterocycles. The molecule has 0 radical (unpaired) electrons. The molecule has 20 heavy (non-hydrogen) atoms. The highest BCUT2D eigenvalue weighted by atomic mass is 16.4. The first-order valence-electron chi connectivity index (χ1n) is 7.55. The van der Waals surface area contributed by atoms with Crippen LogP contribution < -0.4 is 5.73 Å². The van der Waals surface area contributed by atoms with Gasteiger partial charge in [-0.15, -0.1) is 0 Å². The van der Waals surface area contributed by atoms with Gasteiger partial charge in [0, 0.05) is 39.1 Å². The lowest BCUT2D eigenvalue weighted by Gasteiger charge is -2.34. The maximum atomic E-state index is 12.0. The summed E-state index contributed by atoms with van der Waals surface area (Å²) in [4.78, 5) is 26.5. The highest BCUT2D eigenvalue weighted by Crippen LogP contribution is 2.08. The minimum Gasteiger partial charge on any atom is -0.481 e. The van der Waals surface area contributed by atoms with Crippen LogP contribution in [0.2, 0.25) is 0 Å². The number of amides is 1. The van der Waals surface area contributed by atoms with Gasteiger partial charge < -0.3 is 15.7 Å². The second-order valence-electron chi connectivity index (χ2n) is 5.32. The molecule has 1 aliphatic rings. The third-order valence-corrected chi connectivity index (χ3v) is 3.71. The van der Waals surface area contributed by atoms with E-state index in [2.05, 4.69) is 4.90 Å². The first-order chi connectivity index (χ1) is 9.63. The van der Waals surface area contributed by atoms with Crippen molar-refractivity contribution in [3.05, 3.63) is 0 Å². The molecule has 6 nitrogen and oxygen atoms in total. The number of unbranched alkanes of at least 4 members (excludes halogenated alkanes) is 3. The molecule has 1 rings (SSSR count). The number of carboxylic acid groups (broad SMARTS) is 1. The first-order valence-corrected chi connectivity index (χ1v) is 7.55. The Morgan fingerprint density at radius 2 is 1.60 bits per heavy atom. The van der Waals surface area contributed by atoms with Crippen molar-refractivity contribution < 1.29 is 14.7 Å². The summed E-state index contributed by atoms with van der Waals surface area (Å²) in [7, 11) is 0. The fraction of sp³-hybridized carbons (Fsp3) is 0.857. The third-order valence-electron chi connectivity index (χ3n) is 3.71. The highest BCUT2D eigenvalue weighted by Gasteiger charge is 2.20. The number of carboxylic acids is 1. The standard InChI is InChI=1S/C14H27N3O3/c15-7-4-2-1-3-5-13(18)17-11-9-16(10-12-17)8-6-14(19)20/h1-12,15H2,(H,19,20). The van der Waals surface area contributed by atoms with E-state index in [0.29, 0.717) is 13.0 Å². The van der Waals surface area contributed by atoms with Gasteiger partial charge in [0.1, 0.15) is 0 Å². The summed E-state index contributed by atoms with van der Waals surface area (Å²) >= 11 is 0. The summed E-state index contributed by atoms with van der Waals surface area (Å²) in [6, 6.07) is 0. The Balaban J connectivity index is 2.11. The number of carbonyl (C=O) groups excluding carboxylic acids is 1. The van der Waals surface area contributed by atoms with E-state index >= 15 is 0 Å². The zero-order chi connectivity index (χ0) is 14.8. The predicted octanol–water partition coefficient (Wildman–Crippen LogP) is 0.515. The van der Waals surface area contributed by atoms with Gasteiger partial charge >= 0.3 is 5.97 Å². The normalized spacial score (nSPS) is 16.4. The molecule has 0 aromatic heterocycles. The van der Waals surface area contributed by atoms with Crippen LogP contribution in [0.3, 0.4) is 0 Å². The second-order valence-corrected chi connectivity index (χ2v) is 5.32. The van der Waals surface area contributed by atoms with Crippen LogP contribution in [0.15, 0.2) is 0 Å². The number of aliphatic carboxylic acids is 1. The van der Waals surface area contributed by atoms with Crippen molar-refractivity contribution in [2.24, 2.45) is 5.73 Å². The van der Waals surface area contributed by atoms with Crippen molar-refractivity contribution in [1.29, 1.82) is 0 Å². The monoisotopic (exact) mass is 285 g/mol. The minimum atomic E-state index is -0.763. The van der Waals surface area contributed by atoms with Crippen molar-refractivity contribution in [2.75, 3.05) is 39.3 Å². The van der Waals surface area contributed by atoms with Gasteiger partial charge in [0.25, 0.3) is 0 Å². The molecule has 3 N–H and O–H groups in total. The van der Waals surface area contributed by atoms with Gasteiger partial charge in [-0.25, -0.2) is 0 Å². The SMILES string of the molecule is NCCCCCCC(=O)N1CCN(CCC(=O)O)CC1. The molecule has 116 valence electrons. The number of hydrogen-bond acceptors (Lipinski definition) is 4. The van der Waals surface area contributed by atoms with Crippen LogP contribution in [-0.2, 0) is 9.59 Å². The summed E-state index contributed by atoms with van der Waals surface area (Å²) in [5.74, 6) is -0.531. The van der Waals surface area contributed by atoms with Crippen LogP contribution in [0.1, 0.15) is 38.5 Å². The first kappa shape index (κ1) is 16.9. The van der Waals surface area contributed by atoms with Gasteiger partial charge in [-0.1, -0.05) is 12.8 Å². The Morgan fingerprint density at radius 1 is 0.950 bits per heavy atom. The van der Waals surface area contributed by atoms with Crippen LogP contribution in [0.4, 0.5) is 0 Å². The van der Waals surface area contributed by atoms with E-state index in [1.54, 1.807) is 0 Å². The Labute approximate surface area is 120 Å². The molecule has 0 aromatic carbocycles. The van der Waals surface area contributed by atoms with E-state index in [9.17, 15) is 9.59 Å². The molecule has 0 aliphatic carbocycles. The maximum absolute atomic E-state index is 12.0. The van der Waals surface area contributed by atoms with Crippen LogP contribution in [0.5, 0.6) is 0 Å². The van der Waals surface area contributed by atoms with Crippen LogP contribution >= 0.6 is 0 Å². The topological polar surface area (TPSA) is 86.9 Å². The van der Waals surface area contributed by atoms with E-state index in [1.807, 2.05) is 4.90 Å². The molecule has 0 spiro atoms. The molecule has 6 heteroatoms. The summed E-state index contributed by atoms with van der Waals surface area (Å²) in [5.41, 5.74) is 5.43. The van der Waals surface area contributed by atoms with Crippen LogP contribution in [0, 0.1) is 0 Å². The molecule has 1 heterocycles. The zero-order valence-corrected chi connectivity index (χ0v) is 12.2. The lowest BCUT2D eigenvalue weighted by atomic mass is 10.1. The molecule has 0 unspecified atom stereocenters. The Morgan fingerprint density at radius 3 is 2.20 bits per heavy atom. The van der Waals surface area contributed by atoms with E-state index in [-0.39, 0.29) is 12.3 Å². The molecule has 1 amide bonds. The van der Waals surface area contributed by atoms with E-state index in [4.69, 9.17) is 10.8 Å². The Kier molecular flexibility index (Phi) is 8.22. The predicted molar refractivity (Wildman–Crippen MR) is 77.4 cm³/mol. The van der Waals surface area contributed by atoms with Gasteiger partial charge in [-0.3, -0.25) is 14.5 Å². The van der Waals surface area contributed by atoms with E-state index < -0.39 is 5.97 Å². The average molecular weight is 285 g/mol. The highest BCUT2D eigenvalue weighted by molar-refractivity contribution is 5.76. The fourth-order valence-corrected chi connectivity index (χ4v) is 2.41. The van der Waals surface area contributed by atoms with Gasteiger partial charge in [-0.2, -0.15) is 0 Å². The number of nitrogens with two attached hydrogens (primary N) is 1. The van der Waals surface area contributed by atoms with Gasteiger partial charge in [-0.05, 0) is 19.4 Å². The van der Waals surface area contributed by atoms with Gasteiger partial charge in [0.05, 0.1) is 6.42 Å². The number of hydrogen-bond donors (Lipinski definition) is 2. The average Bonchev–Trinajstić information content (AvgIpc) is 2.45. The van der Waals surface area contributed by atoms with E-state index in [0.717, 1.165) is 58.4 Å². The smallest absolute Gasteiger partial charge is 0.304 e. The second kappa shape index (κ2) is 9.72. The summed E-state index contributed by atoms with van der Waals surface area (Å²) in [6.45, 7) is 4.32. The maximum Gasteiger partial charge on any atom is 0.304 e. The molecule has 0 atom stereocenters. The van der Waals surface area contributed by atoms with Crippen molar-refractivity contribution in [2.45, 2.75) is 38.5 Å². The summed E-state index contributed by atoms with van der Waals surface area (Å²) in [5, 5.41) is 8.64. The minimum absolute atomic E-state index is 0.176. The van der Waals surface area contributed by atoms with Crippen molar-refractivity contribution in [3.63, 3.8) is 0 Å². The molecule has 1 saturated heterocycles. The molecule has 0 saturated carbocycles. The van der Waals surface area contributed by atoms with Crippen LogP contribution in [0.25, 0.3) is 0 Å². The van der Waals surface area contributed by atoms with Crippen molar-refractivity contribution in [3.8, 4) is 0 Å². The lowest BCUT2D eigenvalue weighted by molar-refractivity contribution is -0.138. The van der Waals surface area contributed by atoms with Crippen molar-refractivity contribution >= 4 is 11.9 Å². The van der Waals surface area contributed by atoms with Gasteiger partial charge in [0.2, 0.25) is 5.91 Å². The fourth-order valence-electron chi connectivity index (χ4n) is 2.41. The number of rotatable bonds is 9. The van der Waals surface area contributed by atoms with Crippen molar-refractivity contribution in [1.82, 2.24) is 9.80 Å². The quantitative estimate of drug-likeness (QED) is 0.603. The van der Waals surface area contributed by atoms with Crippen LogP contribution in [-0.4, -0.2) is 66.1 Å². The molecular weight excluding hydrogens is 258 g/mol. The summed E-state index contributed by atoms with van der Waals surface area (Å²) in [6.07, 6.45) is 4.96. The lowest BCUT2D eigenvalue weighted by Crippen LogP contribution is -2.49. The molecule has 0 bridgehead atoms. The summed E-state index contributed by atoms with van der Waals surface area (Å²) < 4.78 is 0. The number of carbonyl (C=O) groups is 2. The molecule has 0 aromatic rings. The van der Waals surface area contributed by atoms with Gasteiger partial charge in [0.15, 0.2) is 0 Å². The molecule has 1 fully saturated rings. The molecular formula is C14H27N3O3. The zero-order valence-electron chi connectivity index (χ0n) is 12.2. The Bertz CT molecular complexity index is 302. The largest absolute Gasteiger partial charge is 0.481 e. The Hall–Kier alpha value is -1.14.